The van der Waals surface area contributed by atoms with Gasteiger partial charge in [0.05, 0.1) is 6.10 Å². The van der Waals surface area contributed by atoms with Crippen LogP contribution < -0.4 is 21.7 Å². The molecule has 0 aliphatic rings. The highest BCUT2D eigenvalue weighted by Gasteiger charge is 2.30. The van der Waals surface area contributed by atoms with Crippen molar-refractivity contribution in [2.45, 2.75) is 58.0 Å². The van der Waals surface area contributed by atoms with Gasteiger partial charge >= 0.3 is 5.97 Å². The molecule has 0 aliphatic heterocycles. The van der Waals surface area contributed by atoms with E-state index in [4.69, 9.17) is 10.8 Å². The van der Waals surface area contributed by atoms with Gasteiger partial charge in [-0.3, -0.25) is 14.4 Å². The van der Waals surface area contributed by atoms with E-state index in [0.29, 0.717) is 0 Å². The zero-order valence-corrected chi connectivity index (χ0v) is 16.1. The van der Waals surface area contributed by atoms with E-state index < -0.39 is 54.0 Å². The number of hydrogen-bond acceptors (Lipinski definition) is 7. The summed E-state index contributed by atoms with van der Waals surface area (Å²) in [6.45, 7) is 6.08. The highest BCUT2D eigenvalue weighted by molar-refractivity contribution is 7.80. The van der Waals surface area contributed by atoms with Gasteiger partial charge in [-0.05, 0) is 19.8 Å². The quantitative estimate of drug-likeness (QED) is 0.207. The molecule has 0 fully saturated rings. The van der Waals surface area contributed by atoms with Gasteiger partial charge < -0.3 is 31.9 Å². The van der Waals surface area contributed by atoms with Crippen LogP contribution in [0.3, 0.4) is 0 Å². The second kappa shape index (κ2) is 11.0. The molecular weight excluding hydrogens is 364 g/mol. The lowest BCUT2D eigenvalue weighted by atomic mass is 10.0. The van der Waals surface area contributed by atoms with Crippen molar-refractivity contribution in [3.8, 4) is 0 Å². The Labute approximate surface area is 157 Å². The van der Waals surface area contributed by atoms with Gasteiger partial charge in [-0.1, -0.05) is 13.8 Å². The summed E-state index contributed by atoms with van der Waals surface area (Å²) in [5, 5.41) is 25.4. The first kappa shape index (κ1) is 24.1. The number of aliphatic hydroxyl groups is 1. The van der Waals surface area contributed by atoms with E-state index >= 15 is 0 Å². The van der Waals surface area contributed by atoms with Gasteiger partial charge in [0.25, 0.3) is 0 Å². The second-order valence-corrected chi connectivity index (χ2v) is 6.67. The van der Waals surface area contributed by atoms with Gasteiger partial charge in [-0.2, -0.15) is 12.6 Å². The highest BCUT2D eigenvalue weighted by Crippen LogP contribution is 2.04. The van der Waals surface area contributed by atoms with Gasteiger partial charge in [-0.25, -0.2) is 4.79 Å². The zero-order chi connectivity index (χ0) is 20.6. The third-order valence-electron chi connectivity index (χ3n) is 3.62. The van der Waals surface area contributed by atoms with Crippen LogP contribution in [0.25, 0.3) is 0 Å². The Kier molecular flexibility index (Phi) is 10.2. The SMILES string of the molecule is CC(NC(=O)C(N)C(C)O)C(=O)NC(C(=O)NC(CS)C(=O)O)C(C)C. The van der Waals surface area contributed by atoms with E-state index in [9.17, 15) is 24.3 Å². The van der Waals surface area contributed by atoms with Gasteiger partial charge in [0.15, 0.2) is 0 Å². The van der Waals surface area contributed by atoms with Crippen molar-refractivity contribution in [2.75, 3.05) is 5.75 Å². The monoisotopic (exact) mass is 392 g/mol. The summed E-state index contributed by atoms with van der Waals surface area (Å²) in [4.78, 5) is 47.3. The van der Waals surface area contributed by atoms with Crippen molar-refractivity contribution in [2.24, 2.45) is 11.7 Å². The minimum atomic E-state index is -1.24. The van der Waals surface area contributed by atoms with Crippen LogP contribution in [0, 0.1) is 5.92 Å². The van der Waals surface area contributed by atoms with E-state index in [-0.39, 0.29) is 11.7 Å². The van der Waals surface area contributed by atoms with Crippen LogP contribution in [0.15, 0.2) is 0 Å². The fraction of sp³-hybridized carbons (Fsp3) is 0.733. The fourth-order valence-corrected chi connectivity index (χ4v) is 2.10. The molecule has 0 heterocycles. The molecule has 0 aromatic rings. The van der Waals surface area contributed by atoms with Crippen LogP contribution in [-0.2, 0) is 19.2 Å². The third kappa shape index (κ3) is 7.58. The topological polar surface area (TPSA) is 171 Å². The molecule has 5 atom stereocenters. The van der Waals surface area contributed by atoms with Crippen molar-refractivity contribution in [3.05, 3.63) is 0 Å². The van der Waals surface area contributed by atoms with Crippen molar-refractivity contribution in [1.82, 2.24) is 16.0 Å². The summed E-state index contributed by atoms with van der Waals surface area (Å²) >= 11 is 3.86. The maximum atomic E-state index is 12.3. The van der Waals surface area contributed by atoms with Crippen LogP contribution in [0.1, 0.15) is 27.7 Å². The summed E-state index contributed by atoms with van der Waals surface area (Å²) in [5.41, 5.74) is 5.48. The first-order valence-corrected chi connectivity index (χ1v) is 8.74. The number of carbonyl (C=O) groups is 4. The number of carboxylic acid groups (broad SMARTS) is 1. The Bertz CT molecular complexity index is 528. The lowest BCUT2D eigenvalue weighted by molar-refractivity contribution is -0.142. The number of amides is 3. The number of nitrogens with two attached hydrogens (primary N) is 1. The maximum Gasteiger partial charge on any atom is 0.327 e. The summed E-state index contributed by atoms with van der Waals surface area (Å²) < 4.78 is 0. The van der Waals surface area contributed by atoms with Crippen molar-refractivity contribution in [1.29, 1.82) is 0 Å². The van der Waals surface area contributed by atoms with Gasteiger partial charge in [-0.15, -0.1) is 0 Å². The molecule has 5 unspecified atom stereocenters. The molecule has 0 aromatic heterocycles. The van der Waals surface area contributed by atoms with Gasteiger partial charge in [0.2, 0.25) is 17.7 Å². The summed E-state index contributed by atoms with van der Waals surface area (Å²) in [7, 11) is 0. The molecule has 0 bridgehead atoms. The molecule has 11 heteroatoms. The first-order valence-electron chi connectivity index (χ1n) is 8.10. The molecule has 0 rings (SSSR count). The average Bonchev–Trinajstić information content (AvgIpc) is 2.55. The molecule has 0 spiro atoms. The molecular formula is C15H28N4O6S. The minimum absolute atomic E-state index is 0.108. The van der Waals surface area contributed by atoms with E-state index in [1.165, 1.54) is 13.8 Å². The van der Waals surface area contributed by atoms with Crippen molar-refractivity contribution in [3.63, 3.8) is 0 Å². The Morgan fingerprint density at radius 3 is 1.88 bits per heavy atom. The number of carboxylic acids is 1. The van der Waals surface area contributed by atoms with Gasteiger partial charge in [0, 0.05) is 5.75 Å². The molecule has 26 heavy (non-hydrogen) atoms. The van der Waals surface area contributed by atoms with Gasteiger partial charge in [0.1, 0.15) is 24.2 Å². The number of aliphatic carboxylic acids is 1. The fourth-order valence-electron chi connectivity index (χ4n) is 1.85. The lowest BCUT2D eigenvalue weighted by Crippen LogP contribution is -2.58. The lowest BCUT2D eigenvalue weighted by Gasteiger charge is -2.25. The number of carbonyl (C=O) groups excluding carboxylic acids is 3. The highest BCUT2D eigenvalue weighted by atomic mass is 32.1. The smallest absolute Gasteiger partial charge is 0.327 e. The Morgan fingerprint density at radius 2 is 1.50 bits per heavy atom. The Morgan fingerprint density at radius 1 is 0.962 bits per heavy atom. The number of aliphatic hydroxyl groups excluding tert-OH is 1. The molecule has 7 N–H and O–H groups in total. The number of rotatable bonds is 10. The number of hydrogen-bond donors (Lipinski definition) is 7. The molecule has 10 nitrogen and oxygen atoms in total. The average molecular weight is 392 g/mol. The maximum absolute atomic E-state index is 12.3. The summed E-state index contributed by atoms with van der Waals surface area (Å²) in [6.07, 6.45) is -1.09. The molecule has 3 amide bonds. The number of nitrogens with one attached hydrogen (secondary N) is 3. The molecule has 0 saturated carbocycles. The Hall–Kier alpha value is -1.85. The minimum Gasteiger partial charge on any atom is -0.480 e. The third-order valence-corrected chi connectivity index (χ3v) is 3.98. The predicted octanol–water partition coefficient (Wildman–Crippen LogP) is -2.16. The second-order valence-electron chi connectivity index (χ2n) is 6.31. The molecule has 150 valence electrons. The molecule has 0 saturated heterocycles. The van der Waals surface area contributed by atoms with Crippen LogP contribution in [0.2, 0.25) is 0 Å². The number of thiol groups is 1. The van der Waals surface area contributed by atoms with Crippen LogP contribution >= 0.6 is 12.6 Å². The van der Waals surface area contributed by atoms with Crippen molar-refractivity contribution >= 4 is 36.3 Å². The first-order chi connectivity index (χ1) is 11.9. The molecule has 0 radical (unpaired) electrons. The zero-order valence-electron chi connectivity index (χ0n) is 15.2. The van der Waals surface area contributed by atoms with E-state index in [1.54, 1.807) is 13.8 Å². The molecule has 0 aromatic carbocycles. The largest absolute Gasteiger partial charge is 0.480 e. The van der Waals surface area contributed by atoms with Crippen LogP contribution in [0.4, 0.5) is 0 Å². The molecule has 0 aliphatic carbocycles. The van der Waals surface area contributed by atoms with Crippen LogP contribution in [-0.4, -0.2) is 69.9 Å². The standard InChI is InChI=1S/C15H28N4O6S/c1-6(2)11(14(23)18-9(5-26)15(24)25)19-12(21)7(3)17-13(22)10(16)8(4)20/h6-11,20,26H,5,16H2,1-4H3,(H,17,22)(H,18,23)(H,19,21)(H,24,25). The van der Waals surface area contributed by atoms with E-state index in [1.807, 2.05) is 0 Å². The predicted molar refractivity (Wildman–Crippen MR) is 97.4 cm³/mol. The summed E-state index contributed by atoms with van der Waals surface area (Å²) in [6, 6.07) is -4.40. The van der Waals surface area contributed by atoms with Crippen LogP contribution in [0.5, 0.6) is 0 Å². The summed E-state index contributed by atoms with van der Waals surface area (Å²) in [5.74, 6) is -3.72. The normalized spacial score (nSPS) is 16.8. The Balaban J connectivity index is 4.93. The van der Waals surface area contributed by atoms with E-state index in [0.717, 1.165) is 0 Å². The van der Waals surface area contributed by atoms with Crippen molar-refractivity contribution < 1.29 is 29.4 Å². The van der Waals surface area contributed by atoms with E-state index in [2.05, 4.69) is 28.6 Å².